The van der Waals surface area contributed by atoms with Crippen molar-refractivity contribution in [2.24, 2.45) is 0 Å². The number of hydrogen-bond acceptors (Lipinski definition) is 4. The van der Waals surface area contributed by atoms with Gasteiger partial charge in [0.25, 0.3) is 0 Å². The molecule has 1 amide bonds. The zero-order valence-corrected chi connectivity index (χ0v) is 16.0. The van der Waals surface area contributed by atoms with Crippen molar-refractivity contribution < 1.29 is 13.7 Å². The zero-order chi connectivity index (χ0) is 20.4. The van der Waals surface area contributed by atoms with Gasteiger partial charge in [-0.1, -0.05) is 23.4 Å². The Labute approximate surface area is 167 Å². The largest absolute Gasteiger partial charge is 0.337 e. The number of pyridine rings is 1. The average molecular weight is 387 g/mol. The first kappa shape index (κ1) is 18.6. The summed E-state index contributed by atoms with van der Waals surface area (Å²) in [5.41, 5.74) is 3.80. The summed E-state index contributed by atoms with van der Waals surface area (Å²) in [7, 11) is 0. The number of halogens is 1. The van der Waals surface area contributed by atoms with Crippen LogP contribution < -0.4 is 4.90 Å². The standard InChI is InChI=1S/C23H18FN3O2/c1-15-14-18(8-9-20(15)24)22-21(17-10-12-25-13-11-17)23(29-26-22)27(16(2)28)19-6-4-3-5-7-19/h3-14H,1-2H3. The minimum absolute atomic E-state index is 0.218. The summed E-state index contributed by atoms with van der Waals surface area (Å²) in [6, 6.07) is 17.6. The van der Waals surface area contributed by atoms with Gasteiger partial charge in [0.05, 0.1) is 11.3 Å². The van der Waals surface area contributed by atoms with Gasteiger partial charge in [-0.3, -0.25) is 9.78 Å². The Morgan fingerprint density at radius 1 is 1.00 bits per heavy atom. The molecule has 144 valence electrons. The molecule has 0 aliphatic rings. The minimum Gasteiger partial charge on any atom is -0.337 e. The van der Waals surface area contributed by atoms with Crippen molar-refractivity contribution in [3.63, 3.8) is 0 Å². The van der Waals surface area contributed by atoms with Crippen molar-refractivity contribution in [1.29, 1.82) is 0 Å². The van der Waals surface area contributed by atoms with Gasteiger partial charge in [-0.25, -0.2) is 9.29 Å². The number of anilines is 2. The Hall–Kier alpha value is -3.80. The van der Waals surface area contributed by atoms with Crippen molar-refractivity contribution in [2.75, 3.05) is 4.90 Å². The van der Waals surface area contributed by atoms with E-state index in [0.29, 0.717) is 34.0 Å². The summed E-state index contributed by atoms with van der Waals surface area (Å²) in [6.45, 7) is 3.16. The first-order valence-electron chi connectivity index (χ1n) is 9.08. The molecule has 0 spiro atoms. The van der Waals surface area contributed by atoms with E-state index < -0.39 is 0 Å². The van der Waals surface area contributed by atoms with E-state index in [-0.39, 0.29) is 11.7 Å². The maximum Gasteiger partial charge on any atom is 0.246 e. The Balaban J connectivity index is 1.96. The van der Waals surface area contributed by atoms with E-state index in [0.717, 1.165) is 5.56 Å². The lowest BCUT2D eigenvalue weighted by atomic mass is 10.00. The van der Waals surface area contributed by atoms with Gasteiger partial charge in [0.2, 0.25) is 11.8 Å². The van der Waals surface area contributed by atoms with Crippen LogP contribution in [0.25, 0.3) is 22.4 Å². The molecular formula is C23H18FN3O2. The second kappa shape index (κ2) is 7.67. The van der Waals surface area contributed by atoms with Crippen molar-refractivity contribution in [2.45, 2.75) is 13.8 Å². The fourth-order valence-corrected chi connectivity index (χ4v) is 3.22. The maximum absolute atomic E-state index is 13.8. The van der Waals surface area contributed by atoms with Gasteiger partial charge in [-0.05, 0) is 60.5 Å². The lowest BCUT2D eigenvalue weighted by Crippen LogP contribution is -2.22. The predicted octanol–water partition coefficient (Wildman–Crippen LogP) is 5.54. The summed E-state index contributed by atoms with van der Waals surface area (Å²) >= 11 is 0. The van der Waals surface area contributed by atoms with Crippen molar-refractivity contribution in [3.8, 4) is 22.4 Å². The van der Waals surface area contributed by atoms with Gasteiger partial charge < -0.3 is 4.52 Å². The van der Waals surface area contributed by atoms with Crippen LogP contribution in [0.4, 0.5) is 16.0 Å². The Morgan fingerprint density at radius 2 is 1.72 bits per heavy atom. The molecule has 0 bridgehead atoms. The second-order valence-corrected chi connectivity index (χ2v) is 6.60. The van der Waals surface area contributed by atoms with Crippen molar-refractivity contribution >= 4 is 17.5 Å². The Morgan fingerprint density at radius 3 is 2.38 bits per heavy atom. The van der Waals surface area contributed by atoms with E-state index in [1.54, 1.807) is 31.5 Å². The lowest BCUT2D eigenvalue weighted by molar-refractivity contribution is -0.116. The molecule has 6 heteroatoms. The van der Waals surface area contributed by atoms with E-state index in [4.69, 9.17) is 4.52 Å². The highest BCUT2D eigenvalue weighted by Crippen LogP contribution is 2.42. The van der Waals surface area contributed by atoms with Crippen LogP contribution >= 0.6 is 0 Å². The normalized spacial score (nSPS) is 10.7. The van der Waals surface area contributed by atoms with Crippen LogP contribution in [0.1, 0.15) is 12.5 Å². The molecule has 0 unspecified atom stereocenters. The van der Waals surface area contributed by atoms with E-state index in [1.807, 2.05) is 42.5 Å². The second-order valence-electron chi connectivity index (χ2n) is 6.60. The number of nitrogens with zero attached hydrogens (tertiary/aromatic N) is 3. The lowest BCUT2D eigenvalue weighted by Gasteiger charge is -2.19. The van der Waals surface area contributed by atoms with E-state index in [2.05, 4.69) is 10.1 Å². The molecule has 4 rings (SSSR count). The number of hydrogen-bond donors (Lipinski definition) is 0. The van der Waals surface area contributed by atoms with Gasteiger partial charge in [-0.2, -0.15) is 0 Å². The molecule has 0 saturated heterocycles. The first-order chi connectivity index (χ1) is 14.1. The van der Waals surface area contributed by atoms with Crippen LogP contribution in [0.2, 0.25) is 0 Å². The molecule has 0 atom stereocenters. The molecule has 0 aliphatic heterocycles. The molecular weight excluding hydrogens is 369 g/mol. The Kier molecular flexibility index (Phi) is 4.91. The zero-order valence-electron chi connectivity index (χ0n) is 16.0. The third-order valence-corrected chi connectivity index (χ3v) is 4.61. The number of carbonyl (C=O) groups is 1. The molecule has 0 N–H and O–H groups in total. The molecule has 2 aromatic heterocycles. The van der Waals surface area contributed by atoms with Gasteiger partial charge >= 0.3 is 0 Å². The van der Waals surface area contributed by atoms with Crippen molar-refractivity contribution in [3.05, 3.63) is 84.4 Å². The van der Waals surface area contributed by atoms with E-state index in [1.165, 1.54) is 17.9 Å². The van der Waals surface area contributed by atoms with Crippen LogP contribution in [0.3, 0.4) is 0 Å². The summed E-state index contributed by atoms with van der Waals surface area (Å²) in [5.74, 6) is -0.214. The number of rotatable bonds is 4. The first-order valence-corrected chi connectivity index (χ1v) is 9.08. The number of carbonyl (C=O) groups excluding carboxylic acids is 1. The highest BCUT2D eigenvalue weighted by molar-refractivity contribution is 6.03. The fourth-order valence-electron chi connectivity index (χ4n) is 3.22. The number of benzene rings is 2. The monoisotopic (exact) mass is 387 g/mol. The summed E-state index contributed by atoms with van der Waals surface area (Å²) < 4.78 is 19.5. The SMILES string of the molecule is CC(=O)N(c1ccccc1)c1onc(-c2ccc(F)c(C)c2)c1-c1ccncc1. The topological polar surface area (TPSA) is 59.2 Å². The van der Waals surface area contributed by atoms with Crippen LogP contribution in [0, 0.1) is 12.7 Å². The highest BCUT2D eigenvalue weighted by Gasteiger charge is 2.27. The molecule has 0 fully saturated rings. The average Bonchev–Trinajstić information content (AvgIpc) is 3.16. The van der Waals surface area contributed by atoms with E-state index in [9.17, 15) is 9.18 Å². The maximum atomic E-state index is 13.8. The third-order valence-electron chi connectivity index (χ3n) is 4.61. The van der Waals surface area contributed by atoms with Crippen molar-refractivity contribution in [1.82, 2.24) is 10.1 Å². The predicted molar refractivity (Wildman–Crippen MR) is 109 cm³/mol. The van der Waals surface area contributed by atoms with Crippen LogP contribution in [-0.2, 0) is 4.79 Å². The van der Waals surface area contributed by atoms with Gasteiger partial charge in [-0.15, -0.1) is 0 Å². The highest BCUT2D eigenvalue weighted by atomic mass is 19.1. The molecule has 0 saturated carbocycles. The minimum atomic E-state index is -0.294. The smallest absolute Gasteiger partial charge is 0.246 e. The molecule has 4 aromatic rings. The molecule has 2 heterocycles. The van der Waals surface area contributed by atoms with Gasteiger partial charge in [0.15, 0.2) is 0 Å². The van der Waals surface area contributed by atoms with Gasteiger partial charge in [0, 0.05) is 24.9 Å². The number of para-hydroxylation sites is 1. The Bertz CT molecular complexity index is 1160. The fraction of sp³-hybridized carbons (Fsp3) is 0.0870. The third kappa shape index (κ3) is 3.52. The van der Waals surface area contributed by atoms with Crippen LogP contribution in [0.5, 0.6) is 0 Å². The van der Waals surface area contributed by atoms with Crippen LogP contribution in [-0.4, -0.2) is 16.0 Å². The molecule has 0 aliphatic carbocycles. The van der Waals surface area contributed by atoms with E-state index >= 15 is 0 Å². The number of aromatic nitrogens is 2. The molecule has 0 radical (unpaired) electrons. The van der Waals surface area contributed by atoms with Gasteiger partial charge in [0.1, 0.15) is 11.5 Å². The number of aryl methyl sites for hydroxylation is 1. The number of amides is 1. The quantitative estimate of drug-likeness (QED) is 0.462. The molecule has 5 nitrogen and oxygen atoms in total. The summed E-state index contributed by atoms with van der Waals surface area (Å²) in [5, 5.41) is 4.25. The summed E-state index contributed by atoms with van der Waals surface area (Å²) in [6.07, 6.45) is 3.32. The summed E-state index contributed by atoms with van der Waals surface area (Å²) in [4.78, 5) is 18.1. The molecule has 29 heavy (non-hydrogen) atoms. The molecule has 2 aromatic carbocycles. The van der Waals surface area contributed by atoms with Crippen LogP contribution in [0.15, 0.2) is 77.6 Å².